The second-order valence-electron chi connectivity index (χ2n) is 3.88. The molecule has 20 heavy (non-hydrogen) atoms. The van der Waals surface area contributed by atoms with E-state index in [0.717, 1.165) is 12.8 Å². The van der Waals surface area contributed by atoms with Gasteiger partial charge < -0.3 is 9.47 Å². The summed E-state index contributed by atoms with van der Waals surface area (Å²) in [5, 5.41) is 0. The molecule has 8 nitrogen and oxygen atoms in total. The zero-order valence-electron chi connectivity index (χ0n) is 11.1. The molecule has 0 bridgehead atoms. The number of pyridine rings is 1. The van der Waals surface area contributed by atoms with Crippen molar-refractivity contribution in [3.8, 4) is 12.0 Å². The summed E-state index contributed by atoms with van der Waals surface area (Å²) in [5.74, 6) is 5.45. The lowest BCUT2D eigenvalue weighted by Crippen LogP contribution is -2.13. The Morgan fingerprint density at radius 2 is 1.90 bits per heavy atom. The molecule has 2 rings (SSSR count). The van der Waals surface area contributed by atoms with Crippen molar-refractivity contribution in [1.29, 1.82) is 0 Å². The standard InChI is InChI=1S/C12H16N6O2/c1-19-11-15-10(18-13)16-12(17-11)20-8-2-3-9-4-6-14-7-5-9/h4-7H,2-3,8,13H2,1H3,(H,15,16,17,18). The Bertz CT molecular complexity index is 514. The largest absolute Gasteiger partial charge is 0.467 e. The van der Waals surface area contributed by atoms with Crippen LogP contribution in [0.1, 0.15) is 12.0 Å². The number of nitrogens with zero attached hydrogens (tertiary/aromatic N) is 4. The number of hydrogen-bond donors (Lipinski definition) is 2. The Morgan fingerprint density at radius 3 is 2.60 bits per heavy atom. The molecule has 0 aliphatic rings. The number of anilines is 1. The van der Waals surface area contributed by atoms with E-state index in [2.05, 4.69) is 25.4 Å². The van der Waals surface area contributed by atoms with Crippen LogP contribution in [0.5, 0.6) is 12.0 Å². The van der Waals surface area contributed by atoms with Crippen LogP contribution in [0.25, 0.3) is 0 Å². The van der Waals surface area contributed by atoms with E-state index in [1.807, 2.05) is 12.1 Å². The van der Waals surface area contributed by atoms with Crippen molar-refractivity contribution in [3.05, 3.63) is 30.1 Å². The fourth-order valence-corrected chi connectivity index (χ4v) is 1.55. The first-order chi connectivity index (χ1) is 9.81. The third-order valence-corrected chi connectivity index (χ3v) is 2.50. The third-order valence-electron chi connectivity index (χ3n) is 2.50. The average Bonchev–Trinajstić information content (AvgIpc) is 2.52. The lowest BCUT2D eigenvalue weighted by Gasteiger charge is -2.07. The van der Waals surface area contributed by atoms with Gasteiger partial charge in [-0.25, -0.2) is 5.84 Å². The van der Waals surface area contributed by atoms with Gasteiger partial charge in [0.25, 0.3) is 0 Å². The minimum absolute atomic E-state index is 0.150. The van der Waals surface area contributed by atoms with Crippen LogP contribution in [0.15, 0.2) is 24.5 Å². The van der Waals surface area contributed by atoms with Crippen molar-refractivity contribution in [2.24, 2.45) is 5.84 Å². The number of nitrogens with two attached hydrogens (primary N) is 1. The van der Waals surface area contributed by atoms with Crippen molar-refractivity contribution in [1.82, 2.24) is 19.9 Å². The van der Waals surface area contributed by atoms with E-state index in [0.29, 0.717) is 6.61 Å². The zero-order valence-corrected chi connectivity index (χ0v) is 11.1. The predicted octanol–water partition coefficient (Wildman–Crippen LogP) is 0.572. The van der Waals surface area contributed by atoms with Crippen LogP contribution in [0.3, 0.4) is 0 Å². The molecule has 0 unspecified atom stereocenters. The molecule has 0 atom stereocenters. The molecule has 0 saturated carbocycles. The summed E-state index contributed by atoms with van der Waals surface area (Å²) in [6.45, 7) is 0.486. The second-order valence-corrected chi connectivity index (χ2v) is 3.88. The SMILES string of the molecule is COc1nc(NN)nc(OCCCc2ccncc2)n1. The summed E-state index contributed by atoms with van der Waals surface area (Å²) in [6.07, 6.45) is 5.27. The fraction of sp³-hybridized carbons (Fsp3) is 0.333. The van der Waals surface area contributed by atoms with Gasteiger partial charge in [-0.1, -0.05) is 0 Å². The Morgan fingerprint density at radius 1 is 1.15 bits per heavy atom. The van der Waals surface area contributed by atoms with E-state index in [1.165, 1.54) is 12.7 Å². The molecule has 0 saturated heterocycles. The Hall–Kier alpha value is -2.48. The Labute approximate surface area is 116 Å². The molecule has 0 amide bonds. The highest BCUT2D eigenvalue weighted by atomic mass is 16.5. The van der Waals surface area contributed by atoms with E-state index in [1.54, 1.807) is 12.4 Å². The van der Waals surface area contributed by atoms with Gasteiger partial charge in [0.05, 0.1) is 13.7 Å². The number of nitrogen functional groups attached to an aromatic ring is 1. The number of methoxy groups -OCH3 is 1. The van der Waals surface area contributed by atoms with Gasteiger partial charge in [0, 0.05) is 12.4 Å². The topological polar surface area (TPSA) is 108 Å². The maximum atomic E-state index is 5.46. The monoisotopic (exact) mass is 276 g/mol. The maximum absolute atomic E-state index is 5.46. The molecule has 0 radical (unpaired) electrons. The molecule has 106 valence electrons. The summed E-state index contributed by atoms with van der Waals surface area (Å²) in [6, 6.07) is 4.28. The molecule has 0 spiro atoms. The van der Waals surface area contributed by atoms with Gasteiger partial charge in [0.1, 0.15) is 0 Å². The summed E-state index contributed by atoms with van der Waals surface area (Å²) in [4.78, 5) is 15.8. The van der Waals surface area contributed by atoms with Gasteiger partial charge in [-0.2, -0.15) is 9.97 Å². The molecular weight excluding hydrogens is 260 g/mol. The smallest absolute Gasteiger partial charge is 0.324 e. The minimum atomic E-state index is 0.150. The predicted molar refractivity (Wildman–Crippen MR) is 72.2 cm³/mol. The third kappa shape index (κ3) is 4.02. The highest BCUT2D eigenvalue weighted by molar-refractivity contribution is 5.25. The molecule has 0 aliphatic carbocycles. The number of aromatic nitrogens is 4. The molecular formula is C12H16N6O2. The van der Waals surface area contributed by atoms with E-state index >= 15 is 0 Å². The Kier molecular flexibility index (Phi) is 5.01. The minimum Gasteiger partial charge on any atom is -0.467 e. The summed E-state index contributed by atoms with van der Waals surface area (Å²) in [7, 11) is 1.46. The van der Waals surface area contributed by atoms with Crippen LogP contribution in [-0.2, 0) is 6.42 Å². The highest BCUT2D eigenvalue weighted by Gasteiger charge is 2.06. The first-order valence-corrected chi connectivity index (χ1v) is 6.10. The van der Waals surface area contributed by atoms with Gasteiger partial charge in [-0.3, -0.25) is 10.4 Å². The number of hydrogen-bond acceptors (Lipinski definition) is 8. The number of hydrazine groups is 1. The molecule has 0 aliphatic heterocycles. The number of aryl methyl sites for hydroxylation is 1. The van der Waals surface area contributed by atoms with Gasteiger partial charge in [0.15, 0.2) is 0 Å². The van der Waals surface area contributed by atoms with Gasteiger partial charge in [-0.05, 0) is 30.5 Å². The van der Waals surface area contributed by atoms with Crippen LogP contribution in [0.4, 0.5) is 5.95 Å². The van der Waals surface area contributed by atoms with E-state index in [4.69, 9.17) is 15.3 Å². The van der Waals surface area contributed by atoms with Gasteiger partial charge >= 0.3 is 12.0 Å². The molecule has 0 fully saturated rings. The maximum Gasteiger partial charge on any atom is 0.324 e. The van der Waals surface area contributed by atoms with E-state index < -0.39 is 0 Å². The zero-order chi connectivity index (χ0) is 14.2. The van der Waals surface area contributed by atoms with Crippen molar-refractivity contribution >= 4 is 5.95 Å². The molecule has 2 aromatic heterocycles. The summed E-state index contributed by atoms with van der Waals surface area (Å²) >= 11 is 0. The normalized spacial score (nSPS) is 10.1. The summed E-state index contributed by atoms with van der Waals surface area (Å²) in [5.41, 5.74) is 3.54. The molecule has 3 N–H and O–H groups in total. The van der Waals surface area contributed by atoms with E-state index in [9.17, 15) is 0 Å². The molecule has 8 heteroatoms. The fourth-order valence-electron chi connectivity index (χ4n) is 1.55. The first kappa shape index (κ1) is 13.9. The average molecular weight is 276 g/mol. The van der Waals surface area contributed by atoms with Crippen LogP contribution >= 0.6 is 0 Å². The highest BCUT2D eigenvalue weighted by Crippen LogP contribution is 2.12. The molecule has 2 aromatic rings. The second kappa shape index (κ2) is 7.19. The van der Waals surface area contributed by atoms with Crippen molar-refractivity contribution in [3.63, 3.8) is 0 Å². The van der Waals surface area contributed by atoms with Crippen LogP contribution in [0.2, 0.25) is 0 Å². The molecule has 0 aromatic carbocycles. The quantitative estimate of drug-likeness (QED) is 0.429. The lowest BCUT2D eigenvalue weighted by molar-refractivity contribution is 0.276. The number of rotatable bonds is 7. The van der Waals surface area contributed by atoms with Crippen molar-refractivity contribution < 1.29 is 9.47 Å². The van der Waals surface area contributed by atoms with Crippen LogP contribution in [-0.4, -0.2) is 33.7 Å². The van der Waals surface area contributed by atoms with Crippen LogP contribution in [0, 0.1) is 0 Å². The first-order valence-electron chi connectivity index (χ1n) is 6.10. The Balaban J connectivity index is 1.84. The van der Waals surface area contributed by atoms with Gasteiger partial charge in [-0.15, -0.1) is 4.98 Å². The summed E-state index contributed by atoms with van der Waals surface area (Å²) < 4.78 is 10.4. The van der Waals surface area contributed by atoms with Crippen LogP contribution < -0.4 is 20.7 Å². The number of ether oxygens (including phenoxy) is 2. The van der Waals surface area contributed by atoms with Gasteiger partial charge in [0.2, 0.25) is 5.95 Å². The molecule has 2 heterocycles. The van der Waals surface area contributed by atoms with Crippen molar-refractivity contribution in [2.45, 2.75) is 12.8 Å². The lowest BCUT2D eigenvalue weighted by atomic mass is 10.1. The number of nitrogens with one attached hydrogen (secondary N) is 1. The van der Waals surface area contributed by atoms with Crippen molar-refractivity contribution in [2.75, 3.05) is 19.1 Å². The van der Waals surface area contributed by atoms with E-state index in [-0.39, 0.29) is 18.0 Å².